The number of benzene rings is 1. The van der Waals surface area contributed by atoms with Crippen molar-refractivity contribution in [1.82, 2.24) is 10.6 Å². The van der Waals surface area contributed by atoms with Gasteiger partial charge in [0, 0.05) is 28.4 Å². The third-order valence-electron chi connectivity index (χ3n) is 3.83. The van der Waals surface area contributed by atoms with Crippen molar-refractivity contribution in [3.8, 4) is 0 Å². The van der Waals surface area contributed by atoms with Gasteiger partial charge in [-0.3, -0.25) is 14.4 Å². The van der Waals surface area contributed by atoms with Crippen LogP contribution in [0.25, 0.3) is 0 Å². The standard InChI is InChI=1S/C19H21BrN2O4S/c1-26-18(24)11-16(13-4-2-5-15(20)10-13)22-17(23)6-3-8-21-19(25)14-7-9-27-12-14/h2,4-5,7,9-10,12,16H,3,6,8,11H2,1H3,(H,21,25)(H,22,23). The third-order valence-corrected chi connectivity index (χ3v) is 5.01. The number of hydrogen-bond acceptors (Lipinski definition) is 5. The fourth-order valence-corrected chi connectivity index (χ4v) is 3.49. The minimum absolute atomic E-state index is 0.0492. The largest absolute Gasteiger partial charge is 0.469 e. The number of rotatable bonds is 9. The van der Waals surface area contributed by atoms with Crippen LogP contribution in [0.2, 0.25) is 0 Å². The molecule has 0 radical (unpaired) electrons. The van der Waals surface area contributed by atoms with Gasteiger partial charge >= 0.3 is 5.97 Å². The van der Waals surface area contributed by atoms with E-state index in [-0.39, 0.29) is 24.7 Å². The average Bonchev–Trinajstić information content (AvgIpc) is 3.19. The number of nitrogens with one attached hydrogen (secondary N) is 2. The second-order valence-corrected chi connectivity index (χ2v) is 7.52. The van der Waals surface area contributed by atoms with Crippen LogP contribution in [0.15, 0.2) is 45.6 Å². The Bertz CT molecular complexity index is 780. The Balaban J connectivity index is 1.84. The van der Waals surface area contributed by atoms with Gasteiger partial charge in [0.15, 0.2) is 0 Å². The molecular formula is C19H21BrN2O4S. The zero-order chi connectivity index (χ0) is 19.6. The van der Waals surface area contributed by atoms with E-state index in [1.54, 1.807) is 11.4 Å². The normalized spacial score (nSPS) is 11.5. The van der Waals surface area contributed by atoms with Crippen LogP contribution < -0.4 is 10.6 Å². The minimum Gasteiger partial charge on any atom is -0.469 e. The molecule has 0 aliphatic carbocycles. The van der Waals surface area contributed by atoms with Gasteiger partial charge in [0.2, 0.25) is 5.91 Å². The Hall–Kier alpha value is -2.19. The maximum atomic E-state index is 12.3. The molecule has 0 aliphatic heterocycles. The molecule has 0 fully saturated rings. The predicted octanol–water partition coefficient (Wildman–Crippen LogP) is 3.44. The van der Waals surface area contributed by atoms with E-state index in [1.807, 2.05) is 29.6 Å². The van der Waals surface area contributed by atoms with Crippen LogP contribution in [0.4, 0.5) is 0 Å². The quantitative estimate of drug-likeness (QED) is 0.450. The van der Waals surface area contributed by atoms with Crippen LogP contribution >= 0.6 is 27.3 Å². The summed E-state index contributed by atoms with van der Waals surface area (Å²) in [7, 11) is 1.32. The highest BCUT2D eigenvalue weighted by molar-refractivity contribution is 9.10. The molecule has 1 unspecified atom stereocenters. The number of thiophene rings is 1. The lowest BCUT2D eigenvalue weighted by molar-refractivity contribution is -0.141. The number of esters is 1. The summed E-state index contributed by atoms with van der Waals surface area (Å²) >= 11 is 4.85. The Kier molecular flexibility index (Phi) is 8.47. The first kappa shape index (κ1) is 21.1. The van der Waals surface area contributed by atoms with Gasteiger partial charge in [-0.1, -0.05) is 28.1 Å². The molecule has 2 rings (SSSR count). The first-order chi connectivity index (χ1) is 13.0. The summed E-state index contributed by atoms with van der Waals surface area (Å²) < 4.78 is 5.59. The minimum atomic E-state index is -0.470. The third kappa shape index (κ3) is 7.15. The molecule has 0 aliphatic rings. The van der Waals surface area contributed by atoms with Gasteiger partial charge in [-0.15, -0.1) is 0 Å². The molecule has 1 atom stereocenters. The number of hydrogen-bond donors (Lipinski definition) is 2. The molecule has 2 amide bonds. The summed E-state index contributed by atoms with van der Waals surface area (Å²) in [4.78, 5) is 35.8. The van der Waals surface area contributed by atoms with E-state index in [1.165, 1.54) is 18.4 Å². The second-order valence-electron chi connectivity index (χ2n) is 5.83. The Morgan fingerprint density at radius 1 is 1.26 bits per heavy atom. The number of amides is 2. The average molecular weight is 453 g/mol. The van der Waals surface area contributed by atoms with Gasteiger partial charge in [0.05, 0.1) is 19.6 Å². The highest BCUT2D eigenvalue weighted by atomic mass is 79.9. The van der Waals surface area contributed by atoms with Gasteiger partial charge in [0.25, 0.3) is 5.91 Å². The number of carbonyl (C=O) groups excluding carboxylic acids is 3. The van der Waals surface area contributed by atoms with Crippen molar-refractivity contribution in [2.45, 2.75) is 25.3 Å². The molecule has 0 spiro atoms. The number of halogens is 1. The highest BCUT2D eigenvalue weighted by Crippen LogP contribution is 2.21. The van der Waals surface area contributed by atoms with Crippen molar-refractivity contribution in [3.05, 3.63) is 56.7 Å². The van der Waals surface area contributed by atoms with Gasteiger partial charge < -0.3 is 15.4 Å². The SMILES string of the molecule is COC(=O)CC(NC(=O)CCCNC(=O)c1ccsc1)c1cccc(Br)c1. The van der Waals surface area contributed by atoms with Gasteiger partial charge in [0.1, 0.15) is 0 Å². The summed E-state index contributed by atoms with van der Waals surface area (Å²) in [6, 6.07) is 8.70. The van der Waals surface area contributed by atoms with Crippen LogP contribution in [0.3, 0.4) is 0 Å². The number of ether oxygens (including phenoxy) is 1. The number of carbonyl (C=O) groups is 3. The highest BCUT2D eigenvalue weighted by Gasteiger charge is 2.19. The second kappa shape index (κ2) is 10.8. The molecule has 1 aromatic heterocycles. The van der Waals surface area contributed by atoms with E-state index in [0.29, 0.717) is 18.5 Å². The van der Waals surface area contributed by atoms with Crippen molar-refractivity contribution >= 4 is 45.1 Å². The van der Waals surface area contributed by atoms with Crippen LogP contribution in [-0.2, 0) is 14.3 Å². The maximum absolute atomic E-state index is 12.3. The van der Waals surface area contributed by atoms with E-state index < -0.39 is 12.0 Å². The summed E-state index contributed by atoms with van der Waals surface area (Å²) in [6.07, 6.45) is 0.800. The van der Waals surface area contributed by atoms with E-state index in [0.717, 1.165) is 10.0 Å². The lowest BCUT2D eigenvalue weighted by Gasteiger charge is -2.18. The first-order valence-electron chi connectivity index (χ1n) is 8.41. The molecule has 2 aromatic rings. The smallest absolute Gasteiger partial charge is 0.307 e. The van der Waals surface area contributed by atoms with Gasteiger partial charge in [-0.25, -0.2) is 0 Å². The van der Waals surface area contributed by atoms with Crippen molar-refractivity contribution < 1.29 is 19.1 Å². The van der Waals surface area contributed by atoms with Crippen LogP contribution in [0, 0.1) is 0 Å². The molecule has 2 N–H and O–H groups in total. The summed E-state index contributed by atoms with van der Waals surface area (Å²) in [5.74, 6) is -0.730. The predicted molar refractivity (Wildman–Crippen MR) is 108 cm³/mol. The van der Waals surface area contributed by atoms with E-state index in [9.17, 15) is 14.4 Å². The van der Waals surface area contributed by atoms with E-state index >= 15 is 0 Å². The molecule has 6 nitrogen and oxygen atoms in total. The van der Waals surface area contributed by atoms with Crippen molar-refractivity contribution in [3.63, 3.8) is 0 Å². The molecule has 0 saturated carbocycles. The van der Waals surface area contributed by atoms with Crippen molar-refractivity contribution in [2.75, 3.05) is 13.7 Å². The molecule has 1 aromatic carbocycles. The molecule has 27 heavy (non-hydrogen) atoms. The fraction of sp³-hybridized carbons (Fsp3) is 0.316. The van der Waals surface area contributed by atoms with Gasteiger partial charge in [-0.05, 0) is 35.6 Å². The summed E-state index contributed by atoms with van der Waals surface area (Å²) in [6.45, 7) is 0.403. The maximum Gasteiger partial charge on any atom is 0.307 e. The first-order valence-corrected chi connectivity index (χ1v) is 10.1. The topological polar surface area (TPSA) is 84.5 Å². The molecular weight excluding hydrogens is 432 g/mol. The van der Waals surface area contributed by atoms with E-state index in [2.05, 4.69) is 26.6 Å². The lowest BCUT2D eigenvalue weighted by atomic mass is 10.0. The van der Waals surface area contributed by atoms with Crippen LogP contribution in [0.5, 0.6) is 0 Å². The summed E-state index contributed by atoms with van der Waals surface area (Å²) in [5.41, 5.74) is 1.44. The van der Waals surface area contributed by atoms with Crippen LogP contribution in [0.1, 0.15) is 41.2 Å². The summed E-state index contributed by atoms with van der Waals surface area (Å²) in [5, 5.41) is 9.27. The lowest BCUT2D eigenvalue weighted by Crippen LogP contribution is -2.31. The van der Waals surface area contributed by atoms with Crippen molar-refractivity contribution in [1.29, 1.82) is 0 Å². The molecule has 1 heterocycles. The Labute approximate surface area is 170 Å². The molecule has 0 bridgehead atoms. The zero-order valence-corrected chi connectivity index (χ0v) is 17.3. The Morgan fingerprint density at radius 3 is 2.74 bits per heavy atom. The van der Waals surface area contributed by atoms with Crippen LogP contribution in [-0.4, -0.2) is 31.4 Å². The Morgan fingerprint density at radius 2 is 2.07 bits per heavy atom. The molecule has 144 valence electrons. The van der Waals surface area contributed by atoms with Crippen molar-refractivity contribution in [2.24, 2.45) is 0 Å². The molecule has 0 saturated heterocycles. The molecule has 8 heteroatoms. The number of methoxy groups -OCH3 is 1. The fourth-order valence-electron chi connectivity index (χ4n) is 2.44. The zero-order valence-electron chi connectivity index (χ0n) is 14.9. The van der Waals surface area contributed by atoms with Gasteiger partial charge in [-0.2, -0.15) is 11.3 Å². The monoisotopic (exact) mass is 452 g/mol. The van der Waals surface area contributed by atoms with E-state index in [4.69, 9.17) is 4.74 Å².